The van der Waals surface area contributed by atoms with Crippen molar-refractivity contribution in [2.45, 2.75) is 25.6 Å². The summed E-state index contributed by atoms with van der Waals surface area (Å²) in [7, 11) is 0. The summed E-state index contributed by atoms with van der Waals surface area (Å²) in [5.74, 6) is -0.453. The molecule has 3 rings (SSSR count). The van der Waals surface area contributed by atoms with Gasteiger partial charge in [0.25, 0.3) is 5.91 Å². The van der Waals surface area contributed by atoms with Gasteiger partial charge in [-0.25, -0.2) is 4.98 Å². The molecule has 3 aromatic rings. The third-order valence-corrected chi connectivity index (χ3v) is 4.15. The summed E-state index contributed by atoms with van der Waals surface area (Å²) in [6.07, 6.45) is -9.63. The van der Waals surface area contributed by atoms with Crippen LogP contribution in [0.1, 0.15) is 12.5 Å². The van der Waals surface area contributed by atoms with Gasteiger partial charge in [0.2, 0.25) is 5.88 Å². The van der Waals surface area contributed by atoms with E-state index < -0.39 is 35.9 Å². The number of rotatable bonds is 7. The molecule has 2 aromatic carbocycles. The van der Waals surface area contributed by atoms with Gasteiger partial charge in [-0.1, -0.05) is 0 Å². The van der Waals surface area contributed by atoms with Crippen molar-refractivity contribution < 1.29 is 45.3 Å². The monoisotopic (exact) mass is 486 g/mol. The molecule has 0 spiro atoms. The molecule has 0 radical (unpaired) electrons. The Hall–Kier alpha value is -3.96. The Morgan fingerprint density at radius 2 is 1.44 bits per heavy atom. The fraction of sp³-hybridized carbons (Fsp3) is 0.182. The molecule has 1 atom stereocenters. The first-order valence-corrected chi connectivity index (χ1v) is 9.53. The maximum absolute atomic E-state index is 12.6. The van der Waals surface area contributed by atoms with Crippen LogP contribution in [0.15, 0.2) is 66.9 Å². The number of nitrogens with zero attached hydrogens (tertiary/aromatic N) is 1. The molecule has 6 nitrogen and oxygen atoms in total. The Bertz CT molecular complexity index is 1100. The van der Waals surface area contributed by atoms with Crippen LogP contribution in [0.4, 0.5) is 32.0 Å². The molecule has 1 unspecified atom stereocenters. The first kappa shape index (κ1) is 24.7. The Kier molecular flexibility index (Phi) is 7.18. The number of halogens is 6. The number of carbonyl (C=O) groups is 1. The summed E-state index contributed by atoms with van der Waals surface area (Å²) in [4.78, 5) is 15.9. The first-order chi connectivity index (χ1) is 15.9. The maximum atomic E-state index is 12.6. The van der Waals surface area contributed by atoms with Gasteiger partial charge in [0.05, 0.1) is 5.56 Å². The van der Waals surface area contributed by atoms with Crippen molar-refractivity contribution in [2.24, 2.45) is 0 Å². The van der Waals surface area contributed by atoms with Crippen LogP contribution in [0.3, 0.4) is 0 Å². The van der Waals surface area contributed by atoms with E-state index in [-0.39, 0.29) is 17.3 Å². The molecule has 34 heavy (non-hydrogen) atoms. The van der Waals surface area contributed by atoms with Gasteiger partial charge >= 0.3 is 12.5 Å². The molecule has 0 bridgehead atoms. The molecule has 0 fully saturated rings. The molecule has 0 aliphatic carbocycles. The summed E-state index contributed by atoms with van der Waals surface area (Å²) in [6.45, 7) is 1.47. The average Bonchev–Trinajstić information content (AvgIpc) is 2.75. The Morgan fingerprint density at radius 3 is 1.97 bits per heavy atom. The van der Waals surface area contributed by atoms with Gasteiger partial charge in [-0.05, 0) is 61.5 Å². The highest BCUT2D eigenvalue weighted by Gasteiger charge is 2.31. The van der Waals surface area contributed by atoms with E-state index in [9.17, 15) is 31.1 Å². The van der Waals surface area contributed by atoms with Crippen molar-refractivity contribution >= 4 is 11.6 Å². The van der Waals surface area contributed by atoms with Gasteiger partial charge in [-0.15, -0.1) is 13.2 Å². The van der Waals surface area contributed by atoms with Crippen molar-refractivity contribution in [3.8, 4) is 23.1 Å². The zero-order chi connectivity index (χ0) is 24.9. The van der Waals surface area contributed by atoms with Crippen molar-refractivity contribution in [3.63, 3.8) is 0 Å². The van der Waals surface area contributed by atoms with Gasteiger partial charge in [0, 0.05) is 18.0 Å². The van der Waals surface area contributed by atoms with Crippen molar-refractivity contribution in [2.75, 3.05) is 5.32 Å². The van der Waals surface area contributed by atoms with Crippen molar-refractivity contribution in [1.82, 2.24) is 4.98 Å². The zero-order valence-corrected chi connectivity index (χ0v) is 17.3. The number of carbonyl (C=O) groups excluding carboxylic acids is 1. The van der Waals surface area contributed by atoms with Gasteiger partial charge in [-0.2, -0.15) is 13.2 Å². The standard InChI is InChI=1S/C22H16F6N2O4/c1-13(20(31)30-15-3-5-18(6-4-15)34-22(26,27)28)32-16-7-9-17(10-8-16)33-19-11-2-14(12-29-19)21(23,24)25/h2-13H,1H3,(H,30,31). The van der Waals surface area contributed by atoms with Crippen LogP contribution in [-0.2, 0) is 11.0 Å². The van der Waals surface area contributed by atoms with Crippen LogP contribution >= 0.6 is 0 Å². The average molecular weight is 486 g/mol. The molecule has 0 aliphatic heterocycles. The summed E-state index contributed by atoms with van der Waals surface area (Å²) >= 11 is 0. The highest BCUT2D eigenvalue weighted by molar-refractivity contribution is 5.94. The normalized spacial score (nSPS) is 12.6. The van der Waals surface area contributed by atoms with E-state index in [0.717, 1.165) is 24.3 Å². The smallest absolute Gasteiger partial charge is 0.481 e. The predicted octanol–water partition coefficient (Wildman–Crippen LogP) is 6.20. The van der Waals surface area contributed by atoms with Crippen LogP contribution in [0.2, 0.25) is 0 Å². The molecule has 180 valence electrons. The third-order valence-electron chi connectivity index (χ3n) is 4.15. The van der Waals surface area contributed by atoms with E-state index in [1.165, 1.54) is 43.3 Å². The van der Waals surface area contributed by atoms with Gasteiger partial charge in [0.1, 0.15) is 17.2 Å². The number of benzene rings is 2. The Labute approximate surface area is 189 Å². The molecule has 12 heteroatoms. The third kappa shape index (κ3) is 7.29. The summed E-state index contributed by atoms with van der Waals surface area (Å²) in [5.41, 5.74) is -0.663. The van der Waals surface area contributed by atoms with Crippen molar-refractivity contribution in [3.05, 3.63) is 72.4 Å². The second kappa shape index (κ2) is 9.89. The fourth-order valence-corrected chi connectivity index (χ4v) is 2.56. The number of anilines is 1. The highest BCUT2D eigenvalue weighted by atomic mass is 19.4. The molecule has 1 amide bonds. The van der Waals surface area contributed by atoms with E-state index in [4.69, 9.17) is 9.47 Å². The second-order valence-electron chi connectivity index (χ2n) is 6.78. The molecule has 1 heterocycles. The van der Waals surface area contributed by atoms with E-state index in [1.807, 2.05) is 0 Å². The number of ether oxygens (including phenoxy) is 3. The quantitative estimate of drug-likeness (QED) is 0.403. The van der Waals surface area contributed by atoms with Crippen LogP contribution < -0.4 is 19.5 Å². The molecular weight excluding hydrogens is 470 g/mol. The molecular formula is C22H16F6N2O4. The number of amides is 1. The van der Waals surface area contributed by atoms with Gasteiger partial charge < -0.3 is 19.5 Å². The molecule has 1 N–H and O–H groups in total. The molecule has 0 aliphatic rings. The maximum Gasteiger partial charge on any atom is 0.573 e. The zero-order valence-electron chi connectivity index (χ0n) is 17.3. The summed E-state index contributed by atoms with van der Waals surface area (Å²) < 4.78 is 89.0. The minimum atomic E-state index is -4.82. The van der Waals surface area contributed by atoms with Crippen molar-refractivity contribution in [1.29, 1.82) is 0 Å². The van der Waals surface area contributed by atoms with E-state index in [0.29, 0.717) is 11.9 Å². The minimum absolute atomic E-state index is 0.0407. The lowest BCUT2D eigenvalue weighted by atomic mass is 10.2. The lowest BCUT2D eigenvalue weighted by molar-refractivity contribution is -0.274. The molecule has 1 aromatic heterocycles. The SMILES string of the molecule is CC(Oc1ccc(Oc2ccc(C(F)(F)F)cn2)cc1)C(=O)Nc1ccc(OC(F)(F)F)cc1. The largest absolute Gasteiger partial charge is 0.573 e. The van der Waals surface area contributed by atoms with Crippen LogP contribution in [0, 0.1) is 0 Å². The molecule has 0 saturated carbocycles. The Balaban J connectivity index is 1.52. The van der Waals surface area contributed by atoms with E-state index >= 15 is 0 Å². The number of nitrogens with one attached hydrogen (secondary N) is 1. The predicted molar refractivity (Wildman–Crippen MR) is 108 cm³/mol. The minimum Gasteiger partial charge on any atom is -0.481 e. The van der Waals surface area contributed by atoms with E-state index in [2.05, 4.69) is 15.0 Å². The number of alkyl halides is 6. The molecule has 0 saturated heterocycles. The second-order valence-corrected chi connectivity index (χ2v) is 6.78. The first-order valence-electron chi connectivity index (χ1n) is 9.53. The van der Waals surface area contributed by atoms with E-state index in [1.54, 1.807) is 0 Å². The van der Waals surface area contributed by atoms with Gasteiger partial charge in [-0.3, -0.25) is 4.79 Å². The topological polar surface area (TPSA) is 69.7 Å². The number of pyridine rings is 1. The summed E-state index contributed by atoms with van der Waals surface area (Å²) in [6, 6.07) is 12.4. The number of aromatic nitrogens is 1. The van der Waals surface area contributed by atoms with Gasteiger partial charge in [0.15, 0.2) is 6.10 Å². The lowest BCUT2D eigenvalue weighted by Crippen LogP contribution is -2.30. The summed E-state index contributed by atoms with van der Waals surface area (Å²) in [5, 5.41) is 2.50. The fourth-order valence-electron chi connectivity index (χ4n) is 2.56. The van der Waals surface area contributed by atoms with Crippen LogP contribution in [-0.4, -0.2) is 23.4 Å². The Morgan fingerprint density at radius 1 is 0.853 bits per heavy atom. The number of hydrogen-bond donors (Lipinski definition) is 1. The van der Waals surface area contributed by atoms with Crippen LogP contribution in [0.25, 0.3) is 0 Å². The lowest BCUT2D eigenvalue weighted by Gasteiger charge is -2.15. The highest BCUT2D eigenvalue weighted by Crippen LogP contribution is 2.30. The number of hydrogen-bond acceptors (Lipinski definition) is 5. The van der Waals surface area contributed by atoms with Crippen LogP contribution in [0.5, 0.6) is 23.1 Å².